The summed E-state index contributed by atoms with van der Waals surface area (Å²) in [5.41, 5.74) is 6.41. The van der Waals surface area contributed by atoms with Gasteiger partial charge in [-0.15, -0.1) is 0 Å². The van der Waals surface area contributed by atoms with Crippen LogP contribution in [0.3, 0.4) is 0 Å². The van der Waals surface area contributed by atoms with Crippen LogP contribution in [0.25, 0.3) is 0 Å². The number of anilines is 1. The molecule has 0 aromatic carbocycles. The monoisotopic (exact) mass is 264 g/mol. The zero-order valence-corrected chi connectivity index (χ0v) is 11.1. The molecule has 0 bridgehead atoms. The standard InChI is InChI=1S/C13H20N4O2/c1-9(13(19)17-5-3-2-4-6-17)16-12(18)11-7-10(14)8-15-11/h7-9,15H,2-6,14H2,1H3,(H,16,18). The molecule has 1 saturated heterocycles. The fourth-order valence-electron chi connectivity index (χ4n) is 2.27. The summed E-state index contributed by atoms with van der Waals surface area (Å²) in [6.45, 7) is 3.28. The smallest absolute Gasteiger partial charge is 0.268 e. The Kier molecular flexibility index (Phi) is 4.09. The molecule has 1 aliphatic heterocycles. The van der Waals surface area contributed by atoms with E-state index in [0.29, 0.717) is 11.4 Å². The number of rotatable bonds is 3. The number of hydrogen-bond acceptors (Lipinski definition) is 3. The van der Waals surface area contributed by atoms with Crippen LogP contribution >= 0.6 is 0 Å². The van der Waals surface area contributed by atoms with E-state index < -0.39 is 6.04 Å². The minimum absolute atomic E-state index is 0.0208. The first-order valence-electron chi connectivity index (χ1n) is 6.61. The number of nitrogens with zero attached hydrogens (tertiary/aromatic N) is 1. The van der Waals surface area contributed by atoms with Crippen LogP contribution in [0.2, 0.25) is 0 Å². The summed E-state index contributed by atoms with van der Waals surface area (Å²) >= 11 is 0. The maximum absolute atomic E-state index is 12.1. The number of hydrogen-bond donors (Lipinski definition) is 3. The minimum Gasteiger partial charge on any atom is -0.397 e. The molecule has 4 N–H and O–H groups in total. The van der Waals surface area contributed by atoms with Gasteiger partial charge < -0.3 is 20.9 Å². The Balaban J connectivity index is 1.91. The molecule has 0 saturated carbocycles. The molecule has 0 spiro atoms. The molecule has 6 heteroatoms. The van der Waals surface area contributed by atoms with E-state index in [9.17, 15) is 9.59 Å². The number of H-pyrrole nitrogens is 1. The van der Waals surface area contributed by atoms with Crippen molar-refractivity contribution in [3.63, 3.8) is 0 Å². The molecule has 1 fully saturated rings. The van der Waals surface area contributed by atoms with Crippen molar-refractivity contribution in [1.82, 2.24) is 15.2 Å². The summed E-state index contributed by atoms with van der Waals surface area (Å²) in [4.78, 5) is 28.6. The second-order valence-electron chi connectivity index (χ2n) is 4.93. The lowest BCUT2D eigenvalue weighted by Gasteiger charge is -2.29. The van der Waals surface area contributed by atoms with Crippen molar-refractivity contribution in [3.8, 4) is 0 Å². The van der Waals surface area contributed by atoms with Crippen molar-refractivity contribution in [3.05, 3.63) is 18.0 Å². The Labute approximate surface area is 112 Å². The highest BCUT2D eigenvalue weighted by Crippen LogP contribution is 2.10. The Hall–Kier alpha value is -1.98. The van der Waals surface area contributed by atoms with Crippen LogP contribution in [0.15, 0.2) is 12.3 Å². The van der Waals surface area contributed by atoms with Gasteiger partial charge in [0.1, 0.15) is 11.7 Å². The fraction of sp³-hybridized carbons (Fsp3) is 0.538. The highest BCUT2D eigenvalue weighted by molar-refractivity contribution is 5.96. The molecular weight excluding hydrogens is 244 g/mol. The van der Waals surface area contributed by atoms with Crippen LogP contribution in [0.5, 0.6) is 0 Å². The van der Waals surface area contributed by atoms with Crippen LogP contribution in [-0.4, -0.2) is 40.8 Å². The molecule has 1 aromatic rings. The van der Waals surface area contributed by atoms with Crippen LogP contribution in [0, 0.1) is 0 Å². The van der Waals surface area contributed by atoms with E-state index in [1.807, 2.05) is 4.90 Å². The lowest BCUT2D eigenvalue weighted by atomic mass is 10.1. The molecule has 2 heterocycles. The highest BCUT2D eigenvalue weighted by atomic mass is 16.2. The van der Waals surface area contributed by atoms with Gasteiger partial charge in [0.2, 0.25) is 5.91 Å². The van der Waals surface area contributed by atoms with Crippen molar-refractivity contribution in [2.45, 2.75) is 32.2 Å². The van der Waals surface area contributed by atoms with E-state index >= 15 is 0 Å². The Bertz CT molecular complexity index is 463. The lowest BCUT2D eigenvalue weighted by molar-refractivity contribution is -0.133. The van der Waals surface area contributed by atoms with Gasteiger partial charge in [0.15, 0.2) is 0 Å². The van der Waals surface area contributed by atoms with Crippen molar-refractivity contribution in [2.24, 2.45) is 0 Å². The SMILES string of the molecule is CC(NC(=O)c1cc(N)c[nH]1)C(=O)N1CCCCC1. The van der Waals surface area contributed by atoms with E-state index in [1.165, 1.54) is 6.42 Å². The third-order valence-corrected chi connectivity index (χ3v) is 3.34. The van der Waals surface area contributed by atoms with Gasteiger partial charge in [-0.1, -0.05) is 0 Å². The number of aromatic nitrogens is 1. The number of nitrogens with two attached hydrogens (primary N) is 1. The van der Waals surface area contributed by atoms with Crippen LogP contribution in [0.4, 0.5) is 5.69 Å². The zero-order chi connectivity index (χ0) is 13.8. The molecule has 104 valence electrons. The van der Waals surface area contributed by atoms with E-state index in [1.54, 1.807) is 19.2 Å². The predicted molar refractivity (Wildman–Crippen MR) is 72.6 cm³/mol. The van der Waals surface area contributed by atoms with E-state index in [2.05, 4.69) is 10.3 Å². The molecule has 1 atom stereocenters. The van der Waals surface area contributed by atoms with Gasteiger partial charge in [-0.2, -0.15) is 0 Å². The Morgan fingerprint density at radius 3 is 2.63 bits per heavy atom. The molecule has 19 heavy (non-hydrogen) atoms. The van der Waals surface area contributed by atoms with Crippen molar-refractivity contribution >= 4 is 17.5 Å². The molecule has 0 aliphatic carbocycles. The molecule has 1 unspecified atom stereocenters. The number of likely N-dealkylation sites (tertiary alicyclic amines) is 1. The van der Waals surface area contributed by atoms with Gasteiger partial charge >= 0.3 is 0 Å². The predicted octanol–water partition coefficient (Wildman–Crippen LogP) is 0.728. The summed E-state index contributed by atoms with van der Waals surface area (Å²) in [7, 11) is 0. The molecule has 0 radical (unpaired) electrons. The highest BCUT2D eigenvalue weighted by Gasteiger charge is 2.23. The third kappa shape index (κ3) is 3.27. The lowest BCUT2D eigenvalue weighted by Crippen LogP contribution is -2.48. The van der Waals surface area contributed by atoms with Gasteiger partial charge in [0.25, 0.3) is 5.91 Å². The van der Waals surface area contributed by atoms with Gasteiger partial charge in [0.05, 0.1) is 0 Å². The van der Waals surface area contributed by atoms with E-state index in [-0.39, 0.29) is 11.8 Å². The minimum atomic E-state index is -0.518. The summed E-state index contributed by atoms with van der Waals surface area (Å²) in [6, 6.07) is 1.03. The Morgan fingerprint density at radius 1 is 1.37 bits per heavy atom. The van der Waals surface area contributed by atoms with Crippen LogP contribution in [-0.2, 0) is 4.79 Å². The number of piperidine rings is 1. The molecule has 1 aliphatic rings. The molecular formula is C13H20N4O2. The number of nitrogen functional groups attached to an aromatic ring is 1. The van der Waals surface area contributed by atoms with E-state index in [4.69, 9.17) is 5.73 Å². The molecule has 2 rings (SSSR count). The van der Waals surface area contributed by atoms with Gasteiger partial charge in [-0.05, 0) is 32.3 Å². The average molecular weight is 264 g/mol. The summed E-state index contributed by atoms with van der Waals surface area (Å²) in [5, 5.41) is 2.69. The summed E-state index contributed by atoms with van der Waals surface area (Å²) in [5.74, 6) is -0.331. The molecule has 6 nitrogen and oxygen atoms in total. The van der Waals surface area contributed by atoms with Gasteiger partial charge in [0, 0.05) is 25.0 Å². The second-order valence-corrected chi connectivity index (χ2v) is 4.93. The second kappa shape index (κ2) is 5.77. The number of carbonyl (C=O) groups excluding carboxylic acids is 2. The first-order chi connectivity index (χ1) is 9.08. The summed E-state index contributed by atoms with van der Waals surface area (Å²) < 4.78 is 0. The fourth-order valence-corrected chi connectivity index (χ4v) is 2.27. The topological polar surface area (TPSA) is 91.2 Å². The quantitative estimate of drug-likeness (QED) is 0.751. The normalized spacial score (nSPS) is 17.0. The maximum atomic E-state index is 12.1. The first-order valence-corrected chi connectivity index (χ1v) is 6.61. The van der Waals surface area contributed by atoms with Crippen molar-refractivity contribution < 1.29 is 9.59 Å². The molecule has 2 amide bonds. The van der Waals surface area contributed by atoms with Crippen LogP contribution < -0.4 is 11.1 Å². The van der Waals surface area contributed by atoms with Gasteiger partial charge in [-0.25, -0.2) is 0 Å². The Morgan fingerprint density at radius 2 is 2.05 bits per heavy atom. The number of aromatic amines is 1. The van der Waals surface area contributed by atoms with Crippen LogP contribution in [0.1, 0.15) is 36.7 Å². The van der Waals surface area contributed by atoms with Gasteiger partial charge in [-0.3, -0.25) is 9.59 Å². The largest absolute Gasteiger partial charge is 0.397 e. The zero-order valence-electron chi connectivity index (χ0n) is 11.1. The third-order valence-electron chi connectivity index (χ3n) is 3.34. The number of nitrogens with one attached hydrogen (secondary N) is 2. The average Bonchev–Trinajstić information content (AvgIpc) is 2.85. The van der Waals surface area contributed by atoms with E-state index in [0.717, 1.165) is 25.9 Å². The molecule has 1 aromatic heterocycles. The first kappa shape index (κ1) is 13.5. The number of carbonyl (C=O) groups is 2. The van der Waals surface area contributed by atoms with Crippen molar-refractivity contribution in [1.29, 1.82) is 0 Å². The number of amides is 2. The maximum Gasteiger partial charge on any atom is 0.268 e. The van der Waals surface area contributed by atoms with Crippen molar-refractivity contribution in [2.75, 3.05) is 18.8 Å². The summed E-state index contributed by atoms with van der Waals surface area (Å²) in [6.07, 6.45) is 4.80.